The number of primary amides is 1. The molecule has 0 aromatic carbocycles. The van der Waals surface area contributed by atoms with Crippen molar-refractivity contribution in [3.8, 4) is 6.07 Å². The highest BCUT2D eigenvalue weighted by Gasteiger charge is 2.24. The number of nitrogens with zero attached hydrogens (tertiary/aromatic N) is 7. The lowest BCUT2D eigenvalue weighted by atomic mass is 10.2. The number of nitriles is 1. The molecule has 0 radical (unpaired) electrons. The standard InChI is InChI=1S/C21H27N11O/c22-3-6-30-9-11-32(12-10-30)21-28-16(13-23)18(19(24)33)20(29-21)27-15-1-2-17(26-14-15)31-7-4-25-5-8-31/h1-2,13-14,23,25H,4-12H2,(H2,24,33)(H,27,28,29). The number of carbonyl (C=O) groups is 1. The van der Waals surface area contributed by atoms with Gasteiger partial charge in [-0.15, -0.1) is 0 Å². The van der Waals surface area contributed by atoms with Gasteiger partial charge in [0.2, 0.25) is 5.95 Å². The minimum absolute atomic E-state index is 0.0584. The summed E-state index contributed by atoms with van der Waals surface area (Å²) in [6.07, 6.45) is 2.70. The highest BCUT2D eigenvalue weighted by atomic mass is 16.1. The molecule has 5 N–H and O–H groups in total. The normalized spacial score (nSPS) is 16.8. The summed E-state index contributed by atoms with van der Waals surface area (Å²) >= 11 is 0. The highest BCUT2D eigenvalue weighted by Crippen LogP contribution is 2.25. The van der Waals surface area contributed by atoms with Crippen molar-refractivity contribution in [1.82, 2.24) is 25.2 Å². The van der Waals surface area contributed by atoms with Crippen molar-refractivity contribution in [3.05, 3.63) is 29.6 Å². The molecule has 0 atom stereocenters. The smallest absolute Gasteiger partial charge is 0.254 e. The third kappa shape index (κ3) is 5.16. The summed E-state index contributed by atoms with van der Waals surface area (Å²) in [6, 6.07) is 5.96. The zero-order chi connectivity index (χ0) is 23.2. The van der Waals surface area contributed by atoms with E-state index in [-0.39, 0.29) is 17.1 Å². The van der Waals surface area contributed by atoms with Crippen molar-refractivity contribution in [1.29, 1.82) is 10.7 Å². The van der Waals surface area contributed by atoms with Gasteiger partial charge in [0.1, 0.15) is 22.9 Å². The van der Waals surface area contributed by atoms with E-state index in [0.29, 0.717) is 44.4 Å². The van der Waals surface area contributed by atoms with Gasteiger partial charge in [-0.2, -0.15) is 10.2 Å². The quantitative estimate of drug-likeness (QED) is 0.328. The van der Waals surface area contributed by atoms with Crippen LogP contribution in [0.4, 0.5) is 23.3 Å². The van der Waals surface area contributed by atoms with Crippen LogP contribution in [0.25, 0.3) is 0 Å². The third-order valence-electron chi connectivity index (χ3n) is 5.71. The first-order valence-electron chi connectivity index (χ1n) is 10.8. The second-order valence-corrected chi connectivity index (χ2v) is 7.83. The van der Waals surface area contributed by atoms with Crippen molar-refractivity contribution in [2.45, 2.75) is 0 Å². The predicted molar refractivity (Wildman–Crippen MR) is 125 cm³/mol. The van der Waals surface area contributed by atoms with E-state index in [9.17, 15) is 4.79 Å². The first-order valence-corrected chi connectivity index (χ1v) is 10.8. The molecule has 33 heavy (non-hydrogen) atoms. The molecule has 2 saturated heterocycles. The van der Waals surface area contributed by atoms with Gasteiger partial charge in [-0.25, -0.2) is 9.97 Å². The molecule has 2 fully saturated rings. The van der Waals surface area contributed by atoms with Crippen LogP contribution in [-0.4, -0.2) is 90.9 Å². The number of nitrogens with one attached hydrogen (secondary N) is 3. The molecule has 172 valence electrons. The van der Waals surface area contributed by atoms with Crippen LogP contribution < -0.4 is 26.2 Å². The Labute approximate surface area is 191 Å². The maximum atomic E-state index is 12.2. The molecule has 0 unspecified atom stereocenters. The molecular formula is C21H27N11O. The maximum Gasteiger partial charge on any atom is 0.254 e. The second-order valence-electron chi connectivity index (χ2n) is 7.83. The number of carbonyl (C=O) groups excluding carboxylic acids is 1. The number of hydrogen-bond donors (Lipinski definition) is 4. The Morgan fingerprint density at radius 3 is 2.55 bits per heavy atom. The van der Waals surface area contributed by atoms with Crippen LogP contribution in [-0.2, 0) is 0 Å². The van der Waals surface area contributed by atoms with E-state index < -0.39 is 5.91 Å². The number of nitrogens with two attached hydrogens (primary N) is 1. The molecule has 1 amide bonds. The van der Waals surface area contributed by atoms with Crippen LogP contribution in [0, 0.1) is 16.7 Å². The molecule has 0 saturated carbocycles. The summed E-state index contributed by atoms with van der Waals surface area (Å²) in [5.74, 6) is 0.813. The molecule has 12 nitrogen and oxygen atoms in total. The minimum Gasteiger partial charge on any atom is -0.365 e. The van der Waals surface area contributed by atoms with E-state index in [2.05, 4.69) is 41.5 Å². The number of pyridine rings is 1. The van der Waals surface area contributed by atoms with E-state index in [4.69, 9.17) is 16.4 Å². The van der Waals surface area contributed by atoms with Crippen molar-refractivity contribution in [2.75, 3.05) is 74.0 Å². The highest BCUT2D eigenvalue weighted by molar-refractivity contribution is 6.04. The average molecular weight is 450 g/mol. The van der Waals surface area contributed by atoms with E-state index in [1.807, 2.05) is 17.0 Å². The summed E-state index contributed by atoms with van der Waals surface area (Å²) in [7, 11) is 0. The molecule has 12 heteroatoms. The average Bonchev–Trinajstić information content (AvgIpc) is 2.85. The van der Waals surface area contributed by atoms with Crippen molar-refractivity contribution < 1.29 is 4.79 Å². The summed E-state index contributed by atoms with van der Waals surface area (Å²) in [5.41, 5.74) is 6.46. The predicted octanol–water partition coefficient (Wildman–Crippen LogP) is -0.233. The van der Waals surface area contributed by atoms with Crippen LogP contribution >= 0.6 is 0 Å². The fraction of sp³-hybridized carbons (Fsp3) is 0.429. The molecule has 2 aliphatic heterocycles. The van der Waals surface area contributed by atoms with Crippen LogP contribution in [0.1, 0.15) is 16.1 Å². The van der Waals surface area contributed by atoms with Gasteiger partial charge < -0.3 is 31.6 Å². The first-order chi connectivity index (χ1) is 16.1. The Kier molecular flexibility index (Phi) is 6.92. The van der Waals surface area contributed by atoms with E-state index in [0.717, 1.165) is 38.2 Å². The van der Waals surface area contributed by atoms with Gasteiger partial charge in [-0.1, -0.05) is 0 Å². The zero-order valence-corrected chi connectivity index (χ0v) is 18.3. The van der Waals surface area contributed by atoms with Crippen molar-refractivity contribution >= 4 is 35.4 Å². The molecule has 4 heterocycles. The Morgan fingerprint density at radius 1 is 1.18 bits per heavy atom. The van der Waals surface area contributed by atoms with Crippen LogP contribution in [0.3, 0.4) is 0 Å². The number of anilines is 4. The van der Waals surface area contributed by atoms with Gasteiger partial charge in [0, 0.05) is 58.6 Å². The van der Waals surface area contributed by atoms with Gasteiger partial charge in [0.15, 0.2) is 0 Å². The number of amides is 1. The molecule has 2 aromatic heterocycles. The molecule has 2 aliphatic rings. The van der Waals surface area contributed by atoms with Crippen LogP contribution in [0.5, 0.6) is 0 Å². The van der Waals surface area contributed by atoms with E-state index in [1.165, 1.54) is 0 Å². The van der Waals surface area contributed by atoms with E-state index in [1.54, 1.807) is 6.20 Å². The number of aromatic nitrogens is 3. The Hall–Kier alpha value is -3.82. The molecular weight excluding hydrogens is 422 g/mol. The Morgan fingerprint density at radius 2 is 1.94 bits per heavy atom. The zero-order valence-electron chi connectivity index (χ0n) is 18.3. The second kappa shape index (κ2) is 10.2. The number of hydrogen-bond acceptors (Lipinski definition) is 11. The van der Waals surface area contributed by atoms with E-state index >= 15 is 0 Å². The molecule has 0 spiro atoms. The number of rotatable bonds is 7. The molecule has 0 bridgehead atoms. The summed E-state index contributed by atoms with van der Waals surface area (Å²) in [6.45, 7) is 6.68. The van der Waals surface area contributed by atoms with Gasteiger partial charge in [0.25, 0.3) is 5.91 Å². The van der Waals surface area contributed by atoms with Crippen molar-refractivity contribution in [3.63, 3.8) is 0 Å². The Balaban J connectivity index is 1.58. The lowest BCUT2D eigenvalue weighted by molar-refractivity contribution is 0.100. The van der Waals surface area contributed by atoms with Gasteiger partial charge in [-0.05, 0) is 12.1 Å². The molecule has 4 rings (SSSR count). The first kappa shape index (κ1) is 22.4. The fourth-order valence-electron chi connectivity index (χ4n) is 3.93. The fourth-order valence-corrected chi connectivity index (χ4v) is 3.93. The summed E-state index contributed by atoms with van der Waals surface area (Å²) in [4.78, 5) is 31.9. The molecule has 2 aromatic rings. The van der Waals surface area contributed by atoms with Gasteiger partial charge in [0.05, 0.1) is 24.5 Å². The SMILES string of the molecule is N#CCN1CCN(c2nc(C=N)c(C(N)=O)c(Nc3ccc(N4CCNCC4)nc3)n2)CC1. The summed E-state index contributed by atoms with van der Waals surface area (Å²) < 4.78 is 0. The Bertz CT molecular complexity index is 1040. The lowest BCUT2D eigenvalue weighted by Gasteiger charge is -2.33. The largest absolute Gasteiger partial charge is 0.365 e. The van der Waals surface area contributed by atoms with Gasteiger partial charge in [-0.3, -0.25) is 9.69 Å². The maximum absolute atomic E-state index is 12.2. The van der Waals surface area contributed by atoms with Gasteiger partial charge >= 0.3 is 0 Å². The topological polar surface area (TPSA) is 163 Å². The number of piperazine rings is 2. The summed E-state index contributed by atoms with van der Waals surface area (Å²) in [5, 5.41) is 23.1. The van der Waals surface area contributed by atoms with Crippen molar-refractivity contribution in [2.24, 2.45) is 5.73 Å². The van der Waals surface area contributed by atoms with Crippen LogP contribution in [0.15, 0.2) is 18.3 Å². The molecule has 0 aliphatic carbocycles. The third-order valence-corrected chi connectivity index (χ3v) is 5.71. The lowest BCUT2D eigenvalue weighted by Crippen LogP contribution is -2.47. The minimum atomic E-state index is -0.716. The monoisotopic (exact) mass is 449 g/mol. The van der Waals surface area contributed by atoms with Crippen LogP contribution in [0.2, 0.25) is 0 Å².